The van der Waals surface area contributed by atoms with Crippen LogP contribution in [0.1, 0.15) is 48.0 Å². The number of carboxylic acid groups (broad SMARTS) is 1. The fourth-order valence-electron chi connectivity index (χ4n) is 13.1. The fraction of sp³-hybridized carbons (Fsp3) is 0.930. The van der Waals surface area contributed by atoms with Crippen LogP contribution in [-0.4, -0.2) is 420 Å². The van der Waals surface area contributed by atoms with Crippen molar-refractivity contribution in [3.05, 3.63) is 0 Å². The fourth-order valence-corrected chi connectivity index (χ4v) is 13.1. The van der Waals surface area contributed by atoms with Gasteiger partial charge in [0.05, 0.1) is 57.5 Å². The van der Waals surface area contributed by atoms with Gasteiger partial charge in [0.1, 0.15) is 177 Å². The third-order valence-electron chi connectivity index (χ3n) is 18.7. The summed E-state index contributed by atoms with van der Waals surface area (Å²) in [5.74, 6) is -8.34. The standard InChI is InChI=1S/C57H95N3O41/c1-13-28(69)37(78)39(80)52(88-13)98-45-27(60-18(6)67)50(95-23(11-64)43(45)96-51-25(58-16(4)65)36(77)32(73)21(9-62)93-51)87-12-24-35(76)44(26(49(84)91-24)59-17(5)66)97-55-42(83)48(34(75)22(10-63)94-55)101-57(56(85)86)7-20(33(74)47(100-57)31(72)19(68)8-61)92-54-41(82)46(30(71)15(3)90-54)99-53-40(81)38(79)29(70)14(2)89-53/h13-15,19-55,61-64,68-84H,7-12H2,1-6H3,(H,58,65)(H,59,66)(H,60,67)(H,85,86)/t13-,14-,15-,19+,20-,21+,22+,23+,24+,25+,26+,27+,28+,29+,30+,31+,32-,33+,34-,35-,36+,37+,38+,39-,40-,41-,42+,43+,44+,45+,46+,47-,48-,49-,50+,51-,52-,53-,54-,55-,57-/m0/s1. The Morgan fingerprint density at radius 2 is 0.871 bits per heavy atom. The number of hydrogen-bond donors (Lipinski definition) is 25. The second kappa shape index (κ2) is 35.0. The molecule has 0 aliphatic carbocycles. The molecule has 44 nitrogen and oxygen atoms in total. The van der Waals surface area contributed by atoms with Crippen LogP contribution in [0.25, 0.3) is 0 Å². The first-order chi connectivity index (χ1) is 47.4. The van der Waals surface area contributed by atoms with Crippen LogP contribution in [0, 0.1) is 0 Å². The molecular weight excluding hydrogens is 1380 g/mol. The molecular formula is C57H95N3O41. The molecule has 8 rings (SSSR count). The summed E-state index contributed by atoms with van der Waals surface area (Å²) in [6, 6.07) is -5.41. The lowest BCUT2D eigenvalue weighted by Crippen LogP contribution is -2.71. The maximum Gasteiger partial charge on any atom is 0.364 e. The maximum atomic E-state index is 13.8. The van der Waals surface area contributed by atoms with Crippen molar-refractivity contribution >= 4 is 23.7 Å². The zero-order chi connectivity index (χ0) is 74.9. The van der Waals surface area contributed by atoms with Crippen LogP contribution in [0.15, 0.2) is 0 Å². The predicted octanol–water partition coefficient (Wildman–Crippen LogP) is -15.7. The van der Waals surface area contributed by atoms with Crippen LogP contribution >= 0.6 is 0 Å². The topological polar surface area (TPSA) is 688 Å². The SMILES string of the molecule is CC(=O)N[C@@H]1[C@@H](O[C@@H]2O[C@H](CO)[C@H](O)[C@H](O[C@]3(C(=O)O)C[C@H](O[C@@H]4O[C@@H](C)[C@@H](O)[C@@H](O[C@@H]5O[C@@H](C)[C@@H](O)[C@@H](O)[C@@H]5O)[C@@H]4O)[C@@H](O)[C@H]([C@H](O)[C@H](O)CO)O3)[C@H]2O)[C@@H](O)[C@@H](CO[C@@H]2O[C@H](CO)[C@@H](O[C@@H]3O[C@H](CO)[C@H](O)[C@H](O)[C@H]3NC(C)=O)[C@H](O[C@@H]3O[C@@H](C)[C@@H](O)[C@@H](O)[C@@H]3O)[C@H]2NC(C)=O)O[C@@H]1O. The molecule has 44 heteroatoms. The Hall–Kier alpha value is -3.56. The van der Waals surface area contributed by atoms with Crippen LogP contribution in [0.3, 0.4) is 0 Å². The van der Waals surface area contributed by atoms with Crippen LogP contribution in [0.4, 0.5) is 0 Å². The summed E-state index contributed by atoms with van der Waals surface area (Å²) in [6.07, 6.45) is -75.3. The zero-order valence-electron chi connectivity index (χ0n) is 54.9. The quantitative estimate of drug-likeness (QED) is 0.0404. The highest BCUT2D eigenvalue weighted by Gasteiger charge is 2.63. The van der Waals surface area contributed by atoms with Crippen LogP contribution in [0.5, 0.6) is 0 Å². The molecule has 0 spiro atoms. The van der Waals surface area contributed by atoms with Crippen molar-refractivity contribution < 1.29 is 203 Å². The first kappa shape index (κ1) is 83.1. The zero-order valence-corrected chi connectivity index (χ0v) is 54.9. The lowest BCUT2D eigenvalue weighted by atomic mass is 9.89. The summed E-state index contributed by atoms with van der Waals surface area (Å²) < 4.78 is 88.1. The van der Waals surface area contributed by atoms with E-state index in [-0.39, 0.29) is 0 Å². The van der Waals surface area contributed by atoms with Crippen LogP contribution in [0.2, 0.25) is 0 Å². The lowest BCUT2D eigenvalue weighted by Gasteiger charge is -2.51. The van der Waals surface area contributed by atoms with Gasteiger partial charge in [-0.15, -0.1) is 0 Å². The summed E-state index contributed by atoms with van der Waals surface area (Å²) in [4.78, 5) is 52.2. The normalized spacial score (nSPS) is 49.0. The van der Waals surface area contributed by atoms with Crippen molar-refractivity contribution in [2.75, 3.05) is 33.0 Å². The molecule has 0 aromatic carbocycles. The number of carbonyl (C=O) groups excluding carboxylic acids is 3. The Balaban J connectivity index is 1.07. The average Bonchev–Trinajstić information content (AvgIpc) is 0.755. The van der Waals surface area contributed by atoms with Gasteiger partial charge in [0, 0.05) is 27.2 Å². The van der Waals surface area contributed by atoms with Gasteiger partial charge < -0.3 is 199 Å². The molecule has 0 aromatic rings. The Bertz CT molecular complexity index is 2690. The molecule has 8 fully saturated rings. The molecule has 8 saturated heterocycles. The van der Waals surface area contributed by atoms with E-state index in [4.69, 9.17) is 71.1 Å². The molecule has 101 heavy (non-hydrogen) atoms. The van der Waals surface area contributed by atoms with E-state index < -0.39 is 314 Å². The number of rotatable bonds is 25. The molecule has 8 aliphatic heterocycles. The van der Waals surface area contributed by atoms with E-state index in [9.17, 15) is 132 Å². The highest BCUT2D eigenvalue weighted by Crippen LogP contribution is 2.42. The van der Waals surface area contributed by atoms with E-state index in [1.807, 2.05) is 0 Å². The number of hydrogen-bond acceptors (Lipinski definition) is 40. The summed E-state index contributed by atoms with van der Waals surface area (Å²) in [5, 5.41) is 250. The molecule has 0 aromatic heterocycles. The van der Waals surface area contributed by atoms with Gasteiger partial charge in [0.15, 0.2) is 44.0 Å². The minimum absolute atomic E-state index is 0.802. The summed E-state index contributed by atoms with van der Waals surface area (Å²) in [6.45, 7) is 1.17. The molecule has 0 bridgehead atoms. The van der Waals surface area contributed by atoms with Gasteiger partial charge in [-0.05, 0) is 20.8 Å². The monoisotopic (exact) mass is 1480 g/mol. The van der Waals surface area contributed by atoms with Crippen LogP contribution < -0.4 is 16.0 Å². The second-order valence-corrected chi connectivity index (χ2v) is 26.0. The molecule has 0 saturated carbocycles. The summed E-state index contributed by atoms with van der Waals surface area (Å²) >= 11 is 0. The number of ether oxygens (including phenoxy) is 15. The predicted molar refractivity (Wildman–Crippen MR) is 312 cm³/mol. The van der Waals surface area contributed by atoms with Gasteiger partial charge in [-0.1, -0.05) is 0 Å². The Morgan fingerprint density at radius 3 is 1.41 bits per heavy atom. The highest BCUT2D eigenvalue weighted by molar-refractivity contribution is 5.76. The first-order valence-corrected chi connectivity index (χ1v) is 32.3. The van der Waals surface area contributed by atoms with Crippen molar-refractivity contribution in [2.24, 2.45) is 0 Å². The van der Waals surface area contributed by atoms with E-state index in [1.54, 1.807) is 0 Å². The molecule has 25 N–H and O–H groups in total. The number of amides is 3. The van der Waals surface area contributed by atoms with Crippen molar-refractivity contribution in [1.29, 1.82) is 0 Å². The molecule has 41 atom stereocenters. The van der Waals surface area contributed by atoms with Crippen LogP contribution in [-0.2, 0) is 90.2 Å². The Morgan fingerprint density at radius 1 is 0.426 bits per heavy atom. The smallest absolute Gasteiger partial charge is 0.364 e. The third kappa shape index (κ3) is 18.0. The van der Waals surface area contributed by atoms with E-state index in [1.165, 1.54) is 20.8 Å². The van der Waals surface area contributed by atoms with E-state index >= 15 is 0 Å². The number of aliphatic carboxylic acids is 1. The molecule has 3 amide bonds. The van der Waals surface area contributed by atoms with Crippen molar-refractivity contribution in [1.82, 2.24) is 16.0 Å². The number of carboxylic acids is 1. The third-order valence-corrected chi connectivity index (χ3v) is 18.7. The molecule has 0 radical (unpaired) electrons. The average molecular weight is 1480 g/mol. The van der Waals surface area contributed by atoms with Gasteiger partial charge in [-0.3, -0.25) is 14.4 Å². The van der Waals surface area contributed by atoms with E-state index in [0.29, 0.717) is 0 Å². The molecule has 8 aliphatic rings. The number of aliphatic hydroxyl groups is 21. The van der Waals surface area contributed by atoms with Gasteiger partial charge in [-0.2, -0.15) is 0 Å². The van der Waals surface area contributed by atoms with E-state index in [2.05, 4.69) is 16.0 Å². The summed E-state index contributed by atoms with van der Waals surface area (Å²) in [7, 11) is 0. The minimum Gasteiger partial charge on any atom is -0.477 e. The second-order valence-electron chi connectivity index (χ2n) is 26.0. The lowest BCUT2D eigenvalue weighted by molar-refractivity contribution is -0.398. The number of nitrogens with one attached hydrogen (secondary N) is 3. The highest BCUT2D eigenvalue weighted by atomic mass is 16.8. The van der Waals surface area contributed by atoms with Crippen molar-refractivity contribution in [3.8, 4) is 0 Å². The summed E-state index contributed by atoms with van der Waals surface area (Å²) in [5.41, 5.74) is 0. The van der Waals surface area contributed by atoms with Crippen molar-refractivity contribution in [2.45, 2.75) is 299 Å². The van der Waals surface area contributed by atoms with Gasteiger partial charge in [-0.25, -0.2) is 4.79 Å². The first-order valence-electron chi connectivity index (χ1n) is 32.3. The molecule has 0 unspecified atom stereocenters. The maximum absolute atomic E-state index is 13.8. The van der Waals surface area contributed by atoms with Gasteiger partial charge in [0.25, 0.3) is 5.79 Å². The minimum atomic E-state index is -3.47. The van der Waals surface area contributed by atoms with Gasteiger partial charge >= 0.3 is 5.97 Å². The Labute approximate surface area is 573 Å². The Kier molecular flexibility index (Phi) is 28.8. The van der Waals surface area contributed by atoms with Crippen molar-refractivity contribution in [3.63, 3.8) is 0 Å². The molecule has 584 valence electrons. The van der Waals surface area contributed by atoms with E-state index in [0.717, 1.165) is 20.8 Å². The largest absolute Gasteiger partial charge is 0.477 e. The number of aliphatic hydroxyl groups excluding tert-OH is 21. The molecule has 8 heterocycles. The van der Waals surface area contributed by atoms with Gasteiger partial charge in [0.2, 0.25) is 17.7 Å². The number of carbonyl (C=O) groups is 4.